The highest BCUT2D eigenvalue weighted by atomic mass is 35.5. The lowest BCUT2D eigenvalue weighted by atomic mass is 10.0. The van der Waals surface area contributed by atoms with Crippen molar-refractivity contribution >= 4 is 189 Å². The van der Waals surface area contributed by atoms with Gasteiger partial charge in [0.1, 0.15) is 51.8 Å². The number of carbonyl (C=O) groups is 3. The minimum atomic E-state index is -1.24. The first-order valence-electron chi connectivity index (χ1n) is 41.3. The molecular formula is C93H78Cl9F6N21O6. The van der Waals surface area contributed by atoms with Gasteiger partial charge in [-0.2, -0.15) is 15.8 Å². The first kappa shape index (κ1) is 99.7. The van der Waals surface area contributed by atoms with E-state index < -0.39 is 115 Å². The zero-order valence-corrected chi connectivity index (χ0v) is 80.0. The molecular weight excluding hydrogens is 1940 g/mol. The van der Waals surface area contributed by atoms with Crippen LogP contribution in [0.2, 0.25) is 45.2 Å². The van der Waals surface area contributed by atoms with E-state index in [9.17, 15) is 44.6 Å². The van der Waals surface area contributed by atoms with Crippen molar-refractivity contribution in [3.8, 4) is 69.0 Å². The summed E-state index contributed by atoms with van der Waals surface area (Å²) in [6, 6.07) is 15.4. The fourth-order valence-electron chi connectivity index (χ4n) is 16.5. The Kier molecular flexibility index (Phi) is 29.6. The highest BCUT2D eigenvalue weighted by Crippen LogP contribution is 2.49. The molecule has 9 aromatic heterocycles. The number of benzene rings is 3. The molecule has 0 atom stereocenters. The zero-order valence-electron chi connectivity index (χ0n) is 73.2. The largest absolute Gasteiger partial charge is 0.395 e. The molecule has 27 nitrogen and oxygen atoms in total. The van der Waals surface area contributed by atoms with Crippen molar-refractivity contribution in [2.75, 3.05) is 110 Å². The summed E-state index contributed by atoms with van der Waals surface area (Å²) in [5.41, 5.74) is 14.6. The van der Waals surface area contributed by atoms with Crippen molar-refractivity contribution in [1.82, 2.24) is 58.3 Å². The third kappa shape index (κ3) is 17.8. The van der Waals surface area contributed by atoms with Gasteiger partial charge in [-0.15, -0.1) is 0 Å². The maximum absolute atomic E-state index is 15.6. The molecule has 3 aliphatic rings. The van der Waals surface area contributed by atoms with Crippen molar-refractivity contribution in [1.29, 1.82) is 15.8 Å². The Bertz CT molecular complexity index is 6650. The van der Waals surface area contributed by atoms with Crippen LogP contribution in [-0.2, 0) is 14.4 Å². The topological polar surface area (TPSA) is 363 Å². The number of nitrogens with zero attached hydrogens (tertiary/aromatic N) is 18. The molecule has 6 N–H and O–H groups in total. The van der Waals surface area contributed by atoms with E-state index in [1.54, 1.807) is 87.0 Å². The summed E-state index contributed by atoms with van der Waals surface area (Å²) in [7, 11) is 0. The number of aromatic nitrogens is 9. The average molecular weight is 2020 g/mol. The van der Waals surface area contributed by atoms with Crippen molar-refractivity contribution < 1.29 is 40.7 Å². The molecule has 3 aliphatic heterocycles. The molecule has 0 spiro atoms. The first-order valence-corrected chi connectivity index (χ1v) is 44.7. The Morgan fingerprint density at radius 2 is 0.600 bits per heavy atom. The van der Waals surface area contributed by atoms with Gasteiger partial charge < -0.3 is 46.6 Å². The van der Waals surface area contributed by atoms with E-state index >= 15 is 26.3 Å². The van der Waals surface area contributed by atoms with Gasteiger partial charge in [0.05, 0.1) is 147 Å². The van der Waals surface area contributed by atoms with Crippen LogP contribution in [0.4, 0.5) is 60.5 Å². The number of nitrogens with two attached hydrogens (primary N) is 3. The maximum atomic E-state index is 15.6. The summed E-state index contributed by atoms with van der Waals surface area (Å²) in [4.78, 5) is 117. The van der Waals surface area contributed by atoms with Crippen LogP contribution in [0.1, 0.15) is 110 Å². The van der Waals surface area contributed by atoms with Gasteiger partial charge in [0.15, 0.2) is 34.9 Å². The Balaban J connectivity index is 0.000000171. The van der Waals surface area contributed by atoms with Gasteiger partial charge in [-0.25, -0.2) is 41.3 Å². The second-order valence-electron chi connectivity index (χ2n) is 32.2. The van der Waals surface area contributed by atoms with E-state index in [-0.39, 0.29) is 213 Å². The highest BCUT2D eigenvalue weighted by molar-refractivity contribution is 6.46. The number of carbonyl (C=O) groups excluding carboxylic acids is 3. The number of anilines is 6. The molecule has 3 saturated heterocycles. The van der Waals surface area contributed by atoms with E-state index in [0.717, 1.165) is 0 Å². The summed E-state index contributed by atoms with van der Waals surface area (Å²) in [5, 5.41) is 27.9. The van der Waals surface area contributed by atoms with Crippen LogP contribution in [0, 0.1) is 89.7 Å². The Morgan fingerprint density at radius 3 is 0.800 bits per heavy atom. The minimum Gasteiger partial charge on any atom is -0.395 e. The molecule has 135 heavy (non-hydrogen) atoms. The highest BCUT2D eigenvalue weighted by Gasteiger charge is 2.38. The van der Waals surface area contributed by atoms with E-state index in [4.69, 9.17) is 122 Å². The molecule has 0 unspecified atom stereocenters. The van der Waals surface area contributed by atoms with E-state index in [1.165, 1.54) is 50.1 Å². The number of halogens is 15. The number of hydrogen-bond donors (Lipinski definition) is 3. The maximum Gasteiger partial charge on any atom is 0.276 e. The van der Waals surface area contributed by atoms with Crippen LogP contribution in [0.5, 0.6) is 0 Å². The third-order valence-electron chi connectivity index (χ3n) is 23.2. The summed E-state index contributed by atoms with van der Waals surface area (Å²) in [5.74, 6) is -8.67. The number of piperazine rings is 3. The molecule has 3 fully saturated rings. The Labute approximate surface area is 812 Å². The molecule has 0 radical (unpaired) electrons. The summed E-state index contributed by atoms with van der Waals surface area (Å²) < 4.78 is 97.0. The molecule has 42 heteroatoms. The van der Waals surface area contributed by atoms with E-state index in [1.807, 2.05) is 41.5 Å². The number of nitrogen functional groups attached to an aromatic ring is 3. The predicted molar refractivity (Wildman–Crippen MR) is 517 cm³/mol. The number of aryl methyl sites for hydroxylation is 3. The standard InChI is InChI=1S/3C31H26Cl3F2N7O2/c3*1-5-19(44)41-8-10-42(11-9-41)29-16-12-18(32)27(20-23(35)21(33)22(34)25(38)24(20)36)40-30(16)43(31(45)17(29)13-37)28-15(4)6-7-39-26(28)14(2)3/h3*5-7,12,14H,1,8-11,38H2,2-4H3. The minimum absolute atomic E-state index is 0.0422. The Morgan fingerprint density at radius 1 is 0.378 bits per heavy atom. The van der Waals surface area contributed by atoms with Crippen molar-refractivity contribution in [3.05, 3.63) is 255 Å². The first-order chi connectivity index (χ1) is 64.0. The van der Waals surface area contributed by atoms with Crippen LogP contribution >= 0.6 is 104 Å². The van der Waals surface area contributed by atoms with Gasteiger partial charge in [0, 0.05) is 113 Å². The average Bonchev–Trinajstić information content (AvgIpc) is 0.728. The number of hydrogen-bond acceptors (Lipinski definition) is 21. The molecule has 15 rings (SSSR count). The number of rotatable bonds is 15. The number of pyridine rings is 9. The predicted octanol–water partition coefficient (Wildman–Crippen LogP) is 19.2. The van der Waals surface area contributed by atoms with Gasteiger partial charge in [0.25, 0.3) is 16.7 Å². The summed E-state index contributed by atoms with van der Waals surface area (Å²) in [6.45, 7) is 30.6. The fraction of sp³-hybridized carbons (Fsp3) is 0.258. The van der Waals surface area contributed by atoms with Crippen molar-refractivity contribution in [2.45, 2.75) is 80.1 Å². The molecule has 12 heterocycles. The van der Waals surface area contributed by atoms with Crippen molar-refractivity contribution in [3.63, 3.8) is 0 Å². The smallest absolute Gasteiger partial charge is 0.276 e. The second kappa shape index (κ2) is 40.1. The monoisotopic (exact) mass is 2010 g/mol. The second-order valence-corrected chi connectivity index (χ2v) is 35.7. The van der Waals surface area contributed by atoms with Gasteiger partial charge in [-0.3, -0.25) is 57.4 Å². The van der Waals surface area contributed by atoms with Crippen LogP contribution in [0.15, 0.2) is 107 Å². The van der Waals surface area contributed by atoms with Crippen LogP contribution < -0.4 is 48.6 Å². The molecule has 0 aliphatic carbocycles. The molecule has 3 aromatic carbocycles. The van der Waals surface area contributed by atoms with Crippen molar-refractivity contribution in [2.24, 2.45) is 0 Å². The van der Waals surface area contributed by atoms with Gasteiger partial charge >= 0.3 is 0 Å². The zero-order chi connectivity index (χ0) is 98.7. The third-order valence-corrected chi connectivity index (χ3v) is 26.6. The lowest BCUT2D eigenvalue weighted by molar-refractivity contribution is -0.127. The number of nitriles is 3. The number of amides is 3. The van der Waals surface area contributed by atoms with Gasteiger partial charge in [-0.05, 0) is 110 Å². The normalized spacial score (nSPS) is 13.4. The quantitative estimate of drug-likeness (QED) is 0.0282. The summed E-state index contributed by atoms with van der Waals surface area (Å²) in [6.07, 6.45) is 8.45. The van der Waals surface area contributed by atoms with Gasteiger partial charge in [-0.1, -0.05) is 166 Å². The van der Waals surface area contributed by atoms with Crippen LogP contribution in [-0.4, -0.2) is 155 Å². The number of fused-ring (bicyclic) bond motifs is 3. The van der Waals surface area contributed by atoms with Crippen LogP contribution in [0.3, 0.4) is 0 Å². The molecule has 0 bridgehead atoms. The fourth-order valence-corrected chi connectivity index (χ4v) is 18.3. The lowest BCUT2D eigenvalue weighted by Gasteiger charge is -2.36. The molecule has 12 aromatic rings. The summed E-state index contributed by atoms with van der Waals surface area (Å²) >= 11 is 56.1. The lowest BCUT2D eigenvalue weighted by Crippen LogP contribution is -2.49. The van der Waals surface area contributed by atoms with Crippen LogP contribution in [0.25, 0.3) is 83.9 Å². The van der Waals surface area contributed by atoms with Gasteiger partial charge in [0.2, 0.25) is 17.7 Å². The molecule has 3 amide bonds. The van der Waals surface area contributed by atoms with E-state index in [0.29, 0.717) is 50.8 Å². The molecule has 0 saturated carbocycles. The molecule has 696 valence electrons. The Hall–Kier alpha value is -12.7. The van der Waals surface area contributed by atoms with E-state index in [2.05, 4.69) is 67.8 Å². The SMILES string of the molecule is C=CC(=O)N1CCN(c2c(C#N)c(=O)n(-c3c(C)ccnc3C(C)C)c3nc(-c4c(F)c(N)c(Cl)c(Cl)c4F)c(Cl)cc23)CC1.C=CC(=O)N1CCN(c2c(C#N)c(=O)n(-c3c(C)ccnc3C(C)C)c3nc(-c4c(F)c(N)c(Cl)c(Cl)c4F)c(Cl)cc23)CC1.C=CC(=O)N1CCN(c2c(C#N)c(=O)n(-c3c(C)ccnc3C(C)C)c3nc(-c4c(F)c(N)c(Cl)c(Cl)c4F)c(Cl)cc23)CC1.